The summed E-state index contributed by atoms with van der Waals surface area (Å²) in [6.07, 6.45) is 2.75. The van der Waals surface area contributed by atoms with Crippen molar-refractivity contribution in [2.75, 3.05) is 32.5 Å². The number of aryl methyl sites for hydroxylation is 2. The van der Waals surface area contributed by atoms with E-state index in [1.807, 2.05) is 0 Å². The molecule has 0 aromatic heterocycles. The van der Waals surface area contributed by atoms with Crippen molar-refractivity contribution in [3.8, 4) is 5.75 Å². The number of hydrogen-bond acceptors (Lipinski definition) is 5. The van der Waals surface area contributed by atoms with Crippen molar-refractivity contribution in [2.24, 2.45) is 0 Å². The fourth-order valence-electron chi connectivity index (χ4n) is 3.10. The SMILES string of the molecule is COc1cc(C)c(S(=O)(=O)NCCS(=O)(=O)N2CCCCC2)c(C)c1. The van der Waals surface area contributed by atoms with E-state index in [0.717, 1.165) is 19.3 Å². The van der Waals surface area contributed by atoms with E-state index in [1.54, 1.807) is 26.0 Å². The Bertz CT molecular complexity index is 790. The zero-order chi connectivity index (χ0) is 18.7. The van der Waals surface area contributed by atoms with E-state index in [2.05, 4.69) is 4.72 Å². The number of benzene rings is 1. The van der Waals surface area contributed by atoms with Crippen molar-refractivity contribution in [2.45, 2.75) is 38.0 Å². The first-order valence-corrected chi connectivity index (χ1v) is 11.4. The highest BCUT2D eigenvalue weighted by atomic mass is 32.2. The predicted molar refractivity (Wildman–Crippen MR) is 96.9 cm³/mol. The van der Waals surface area contributed by atoms with Gasteiger partial charge in [-0.2, -0.15) is 0 Å². The fourth-order valence-corrected chi connectivity index (χ4v) is 6.14. The van der Waals surface area contributed by atoms with Crippen LogP contribution in [0.2, 0.25) is 0 Å². The Morgan fingerprint density at radius 1 is 1.04 bits per heavy atom. The molecule has 142 valence electrons. The molecule has 9 heteroatoms. The first-order valence-electron chi connectivity index (χ1n) is 8.30. The molecule has 0 atom stereocenters. The molecular formula is C16H26N2O5S2. The first-order chi connectivity index (χ1) is 11.7. The molecule has 0 spiro atoms. The number of sulfonamides is 2. The van der Waals surface area contributed by atoms with Gasteiger partial charge in [0.05, 0.1) is 17.8 Å². The molecule has 0 bridgehead atoms. The van der Waals surface area contributed by atoms with Crippen LogP contribution >= 0.6 is 0 Å². The zero-order valence-electron chi connectivity index (χ0n) is 14.9. The maximum atomic E-state index is 12.6. The molecule has 1 fully saturated rings. The zero-order valence-corrected chi connectivity index (χ0v) is 16.5. The molecule has 0 aliphatic carbocycles. The van der Waals surface area contributed by atoms with Crippen molar-refractivity contribution >= 4 is 20.0 Å². The molecule has 1 saturated heterocycles. The van der Waals surface area contributed by atoms with Gasteiger partial charge in [0.2, 0.25) is 20.0 Å². The Balaban J connectivity index is 2.07. The number of nitrogens with zero attached hydrogens (tertiary/aromatic N) is 1. The summed E-state index contributed by atoms with van der Waals surface area (Å²) in [6, 6.07) is 3.29. The van der Waals surface area contributed by atoms with Crippen LogP contribution in [-0.4, -0.2) is 53.6 Å². The average Bonchev–Trinajstić information content (AvgIpc) is 2.54. The lowest BCUT2D eigenvalue weighted by atomic mass is 10.1. The summed E-state index contributed by atoms with van der Waals surface area (Å²) in [7, 11) is -5.70. The van der Waals surface area contributed by atoms with Gasteiger partial charge in [0.15, 0.2) is 0 Å². The molecule has 1 aromatic rings. The fraction of sp³-hybridized carbons (Fsp3) is 0.625. The molecule has 2 rings (SSSR count). The number of hydrogen-bond donors (Lipinski definition) is 1. The molecule has 1 heterocycles. The molecule has 0 unspecified atom stereocenters. The summed E-state index contributed by atoms with van der Waals surface area (Å²) in [4.78, 5) is 0.170. The quantitative estimate of drug-likeness (QED) is 0.760. The second-order valence-corrected chi connectivity index (χ2v) is 10.1. The average molecular weight is 391 g/mol. The van der Waals surface area contributed by atoms with Crippen LogP contribution in [0.5, 0.6) is 5.75 Å². The lowest BCUT2D eigenvalue weighted by Gasteiger charge is -2.25. The summed E-state index contributed by atoms with van der Waals surface area (Å²) in [5, 5.41) is 0. The van der Waals surface area contributed by atoms with E-state index in [9.17, 15) is 16.8 Å². The number of piperidine rings is 1. The van der Waals surface area contributed by atoms with Crippen LogP contribution in [0.25, 0.3) is 0 Å². The van der Waals surface area contributed by atoms with Gasteiger partial charge in [-0.1, -0.05) is 6.42 Å². The van der Waals surface area contributed by atoms with Crippen molar-refractivity contribution in [1.82, 2.24) is 9.03 Å². The number of nitrogens with one attached hydrogen (secondary N) is 1. The van der Waals surface area contributed by atoms with Gasteiger partial charge >= 0.3 is 0 Å². The van der Waals surface area contributed by atoms with E-state index >= 15 is 0 Å². The molecule has 0 amide bonds. The van der Waals surface area contributed by atoms with Crippen LogP contribution in [-0.2, 0) is 20.0 Å². The third kappa shape index (κ3) is 4.93. The molecule has 25 heavy (non-hydrogen) atoms. The minimum absolute atomic E-state index is 0.147. The molecule has 1 N–H and O–H groups in total. The Morgan fingerprint density at radius 2 is 1.60 bits per heavy atom. The summed E-state index contributed by atoms with van der Waals surface area (Å²) < 4.78 is 58.8. The number of methoxy groups -OCH3 is 1. The summed E-state index contributed by atoms with van der Waals surface area (Å²) in [5.41, 5.74) is 1.12. The van der Waals surface area contributed by atoms with E-state index in [0.29, 0.717) is 30.0 Å². The molecule has 7 nitrogen and oxygen atoms in total. The van der Waals surface area contributed by atoms with E-state index in [-0.39, 0.29) is 17.2 Å². The van der Waals surface area contributed by atoms with Crippen LogP contribution in [0.4, 0.5) is 0 Å². The Hall–Kier alpha value is -1.16. The molecule has 1 aromatic carbocycles. The molecule has 1 aliphatic heterocycles. The standard InChI is InChI=1S/C16H26N2O5S2/c1-13-11-15(23-3)12-14(2)16(13)25(21,22)17-7-10-24(19,20)18-8-5-4-6-9-18/h11-12,17H,4-10H2,1-3H3. The van der Waals surface area contributed by atoms with Gasteiger partial charge in [0.25, 0.3) is 0 Å². The van der Waals surface area contributed by atoms with Crippen molar-refractivity contribution in [3.63, 3.8) is 0 Å². The number of rotatable bonds is 7. The van der Waals surface area contributed by atoms with Gasteiger partial charge in [0, 0.05) is 19.6 Å². The second-order valence-electron chi connectivity index (χ2n) is 6.26. The van der Waals surface area contributed by atoms with Crippen LogP contribution in [0.1, 0.15) is 30.4 Å². The summed E-state index contributed by atoms with van der Waals surface area (Å²) in [5.74, 6) is 0.349. The normalized spacial score (nSPS) is 16.8. The van der Waals surface area contributed by atoms with E-state index in [1.165, 1.54) is 11.4 Å². The van der Waals surface area contributed by atoms with Gasteiger partial charge in [0.1, 0.15) is 5.75 Å². The van der Waals surface area contributed by atoms with Crippen LogP contribution in [0.15, 0.2) is 17.0 Å². The van der Waals surface area contributed by atoms with Gasteiger partial charge in [-0.25, -0.2) is 25.9 Å². The highest BCUT2D eigenvalue weighted by molar-refractivity contribution is 7.90. The van der Waals surface area contributed by atoms with Crippen molar-refractivity contribution < 1.29 is 21.6 Å². The van der Waals surface area contributed by atoms with E-state index in [4.69, 9.17) is 4.74 Å². The highest BCUT2D eigenvalue weighted by Gasteiger charge is 2.25. The minimum Gasteiger partial charge on any atom is -0.497 e. The third-order valence-corrected chi connectivity index (χ3v) is 7.94. The van der Waals surface area contributed by atoms with Crippen LogP contribution in [0.3, 0.4) is 0 Å². The third-order valence-electron chi connectivity index (χ3n) is 4.30. The predicted octanol–water partition coefficient (Wildman–Crippen LogP) is 1.41. The van der Waals surface area contributed by atoms with Crippen LogP contribution < -0.4 is 9.46 Å². The smallest absolute Gasteiger partial charge is 0.241 e. The van der Waals surface area contributed by atoms with Crippen LogP contribution in [0, 0.1) is 13.8 Å². The maximum absolute atomic E-state index is 12.6. The Kier molecular flexibility index (Phi) is 6.47. The van der Waals surface area contributed by atoms with Gasteiger partial charge < -0.3 is 4.74 Å². The Morgan fingerprint density at radius 3 is 2.12 bits per heavy atom. The maximum Gasteiger partial charge on any atom is 0.241 e. The first kappa shape index (κ1) is 20.2. The number of ether oxygens (including phenoxy) is 1. The van der Waals surface area contributed by atoms with E-state index < -0.39 is 20.0 Å². The molecule has 0 saturated carbocycles. The summed E-state index contributed by atoms with van der Waals surface area (Å²) in [6.45, 7) is 4.27. The lowest BCUT2D eigenvalue weighted by molar-refractivity contribution is 0.346. The largest absolute Gasteiger partial charge is 0.497 e. The monoisotopic (exact) mass is 390 g/mol. The molecule has 1 aliphatic rings. The minimum atomic E-state index is -3.79. The topological polar surface area (TPSA) is 92.8 Å². The van der Waals surface area contributed by atoms with Gasteiger partial charge in [-0.05, 0) is 49.9 Å². The van der Waals surface area contributed by atoms with Gasteiger partial charge in [-0.15, -0.1) is 0 Å². The van der Waals surface area contributed by atoms with Crippen molar-refractivity contribution in [3.05, 3.63) is 23.3 Å². The molecular weight excluding hydrogens is 364 g/mol. The van der Waals surface area contributed by atoms with Gasteiger partial charge in [-0.3, -0.25) is 0 Å². The van der Waals surface area contributed by atoms with Crippen molar-refractivity contribution in [1.29, 1.82) is 0 Å². The Labute approximate surface area is 150 Å². The molecule has 0 radical (unpaired) electrons. The lowest BCUT2D eigenvalue weighted by Crippen LogP contribution is -2.40. The second kappa shape index (κ2) is 8.03. The summed E-state index contributed by atoms with van der Waals surface area (Å²) >= 11 is 0. The highest BCUT2D eigenvalue weighted by Crippen LogP contribution is 2.25.